The monoisotopic (exact) mass is 383 g/mol. The predicted molar refractivity (Wildman–Crippen MR) is 96.6 cm³/mol. The van der Waals surface area contributed by atoms with E-state index in [1.807, 2.05) is 6.07 Å². The van der Waals surface area contributed by atoms with E-state index in [-0.39, 0.29) is 23.7 Å². The summed E-state index contributed by atoms with van der Waals surface area (Å²) in [5.74, 6) is -1.98. The number of carboxylic acid groups (broad SMARTS) is 1. The molecule has 0 aliphatic carbocycles. The number of hydrogen-bond donors (Lipinski definition) is 1. The number of carbonyl (C=O) groups is 2. The van der Waals surface area contributed by atoms with E-state index in [0.717, 1.165) is 13.4 Å². The molecule has 0 atom stereocenters. The SMILES string of the molecule is CO/C=C(/Oc1cccc(COc2ccc(C#N)cc2)c1C(=O)O)C(=O)OC. The van der Waals surface area contributed by atoms with Crippen LogP contribution in [0.25, 0.3) is 0 Å². The van der Waals surface area contributed by atoms with E-state index in [4.69, 9.17) is 19.5 Å². The number of carbonyl (C=O) groups excluding carboxylic acids is 1. The Bertz CT molecular complexity index is 927. The fourth-order valence-corrected chi connectivity index (χ4v) is 2.25. The van der Waals surface area contributed by atoms with Crippen LogP contribution in [0.1, 0.15) is 21.5 Å². The van der Waals surface area contributed by atoms with E-state index < -0.39 is 11.9 Å². The van der Waals surface area contributed by atoms with Crippen molar-refractivity contribution in [2.24, 2.45) is 0 Å². The first-order valence-corrected chi connectivity index (χ1v) is 7.97. The van der Waals surface area contributed by atoms with E-state index in [2.05, 4.69) is 4.74 Å². The van der Waals surface area contributed by atoms with Crippen LogP contribution in [0.5, 0.6) is 11.5 Å². The molecule has 2 aromatic carbocycles. The van der Waals surface area contributed by atoms with Gasteiger partial charge in [0, 0.05) is 5.56 Å². The Morgan fingerprint density at radius 3 is 2.43 bits per heavy atom. The molecule has 0 fully saturated rings. The molecule has 0 bridgehead atoms. The minimum absolute atomic E-state index is 0.0632. The van der Waals surface area contributed by atoms with Crippen molar-refractivity contribution in [2.75, 3.05) is 14.2 Å². The maximum atomic E-state index is 11.8. The lowest BCUT2D eigenvalue weighted by molar-refractivity contribution is -0.138. The van der Waals surface area contributed by atoms with Crippen LogP contribution >= 0.6 is 0 Å². The van der Waals surface area contributed by atoms with Crippen molar-refractivity contribution < 1.29 is 33.6 Å². The van der Waals surface area contributed by atoms with Gasteiger partial charge >= 0.3 is 11.9 Å². The summed E-state index contributed by atoms with van der Waals surface area (Å²) in [6, 6.07) is 12.9. The second-order valence-corrected chi connectivity index (χ2v) is 5.33. The van der Waals surface area contributed by atoms with Crippen molar-refractivity contribution in [2.45, 2.75) is 6.61 Å². The molecule has 0 heterocycles. The second kappa shape index (κ2) is 9.64. The van der Waals surface area contributed by atoms with Crippen LogP contribution in [-0.2, 0) is 20.9 Å². The lowest BCUT2D eigenvalue weighted by Crippen LogP contribution is -2.14. The van der Waals surface area contributed by atoms with Gasteiger partial charge < -0.3 is 24.1 Å². The summed E-state index contributed by atoms with van der Waals surface area (Å²) in [6.45, 7) is -0.0632. The van der Waals surface area contributed by atoms with Crippen LogP contribution in [0.15, 0.2) is 54.5 Å². The molecule has 8 nitrogen and oxygen atoms in total. The van der Waals surface area contributed by atoms with Crippen LogP contribution in [0.3, 0.4) is 0 Å². The number of ether oxygens (including phenoxy) is 4. The molecule has 2 rings (SSSR count). The Labute approximate surface area is 161 Å². The molecule has 0 radical (unpaired) electrons. The summed E-state index contributed by atoms with van der Waals surface area (Å²) in [7, 11) is 2.47. The zero-order valence-corrected chi connectivity index (χ0v) is 15.2. The summed E-state index contributed by atoms with van der Waals surface area (Å²) in [5, 5.41) is 18.4. The number of hydrogen-bond acceptors (Lipinski definition) is 7. The van der Waals surface area contributed by atoms with Gasteiger partial charge in [0.05, 0.1) is 25.9 Å². The topological polar surface area (TPSA) is 115 Å². The molecular formula is C20H17NO7. The van der Waals surface area contributed by atoms with Gasteiger partial charge in [-0.25, -0.2) is 9.59 Å². The predicted octanol–water partition coefficient (Wildman–Crippen LogP) is 2.88. The van der Waals surface area contributed by atoms with Crippen molar-refractivity contribution in [3.8, 4) is 17.6 Å². The third-order valence-corrected chi connectivity index (χ3v) is 3.54. The maximum absolute atomic E-state index is 11.8. The fourth-order valence-electron chi connectivity index (χ4n) is 2.25. The molecule has 0 aliphatic rings. The first kappa shape index (κ1) is 20.3. The number of carboxylic acids is 1. The smallest absolute Gasteiger partial charge is 0.377 e. The van der Waals surface area contributed by atoms with Crippen LogP contribution < -0.4 is 9.47 Å². The van der Waals surface area contributed by atoms with E-state index >= 15 is 0 Å². The van der Waals surface area contributed by atoms with Crippen molar-refractivity contribution in [1.82, 2.24) is 0 Å². The summed E-state index contributed by atoms with van der Waals surface area (Å²) in [5.41, 5.74) is 0.646. The van der Waals surface area contributed by atoms with E-state index in [1.54, 1.807) is 36.4 Å². The molecule has 0 aromatic heterocycles. The minimum Gasteiger partial charge on any atom is -0.500 e. The Morgan fingerprint density at radius 1 is 1.14 bits per heavy atom. The van der Waals surface area contributed by atoms with Crippen molar-refractivity contribution in [1.29, 1.82) is 5.26 Å². The number of methoxy groups -OCH3 is 2. The number of nitrogens with zero attached hydrogens (tertiary/aromatic N) is 1. The highest BCUT2D eigenvalue weighted by molar-refractivity contribution is 5.93. The third kappa shape index (κ3) is 5.02. The van der Waals surface area contributed by atoms with Gasteiger partial charge in [-0.05, 0) is 30.3 Å². The number of aromatic carboxylic acids is 1. The molecule has 0 amide bonds. The maximum Gasteiger partial charge on any atom is 0.377 e. The van der Waals surface area contributed by atoms with Crippen LogP contribution in [0.2, 0.25) is 0 Å². The average Bonchev–Trinajstić information content (AvgIpc) is 2.71. The molecule has 0 saturated heterocycles. The molecule has 144 valence electrons. The molecule has 28 heavy (non-hydrogen) atoms. The summed E-state index contributed by atoms with van der Waals surface area (Å²) in [6.07, 6.45) is 1.01. The number of benzene rings is 2. The van der Waals surface area contributed by atoms with E-state index in [9.17, 15) is 14.7 Å². The second-order valence-electron chi connectivity index (χ2n) is 5.33. The zero-order chi connectivity index (χ0) is 20.5. The highest BCUT2D eigenvalue weighted by Gasteiger charge is 2.21. The molecule has 2 aromatic rings. The van der Waals surface area contributed by atoms with Crippen LogP contribution in [0.4, 0.5) is 0 Å². The molecule has 1 N–H and O–H groups in total. The minimum atomic E-state index is -1.25. The molecular weight excluding hydrogens is 366 g/mol. The van der Waals surface area contributed by atoms with Gasteiger partial charge in [0.2, 0.25) is 5.76 Å². The Morgan fingerprint density at radius 2 is 1.86 bits per heavy atom. The number of esters is 1. The van der Waals surface area contributed by atoms with Gasteiger partial charge in [-0.1, -0.05) is 12.1 Å². The lowest BCUT2D eigenvalue weighted by Gasteiger charge is -2.14. The summed E-state index contributed by atoms with van der Waals surface area (Å²) in [4.78, 5) is 23.5. The number of nitriles is 1. The first-order chi connectivity index (χ1) is 13.5. The van der Waals surface area contributed by atoms with Crippen LogP contribution in [0, 0.1) is 11.3 Å². The molecule has 8 heteroatoms. The quantitative estimate of drug-likeness (QED) is 0.420. The Hall–Kier alpha value is -3.99. The molecule has 0 saturated carbocycles. The highest BCUT2D eigenvalue weighted by Crippen LogP contribution is 2.26. The first-order valence-electron chi connectivity index (χ1n) is 7.97. The fraction of sp³-hybridized carbons (Fsp3) is 0.150. The van der Waals surface area contributed by atoms with Gasteiger partial charge in [-0.2, -0.15) is 5.26 Å². The lowest BCUT2D eigenvalue weighted by atomic mass is 10.1. The van der Waals surface area contributed by atoms with Gasteiger partial charge in [0.15, 0.2) is 0 Å². The normalized spacial score (nSPS) is 10.5. The van der Waals surface area contributed by atoms with E-state index in [0.29, 0.717) is 16.9 Å². The molecule has 0 unspecified atom stereocenters. The van der Waals surface area contributed by atoms with Crippen molar-refractivity contribution in [3.05, 3.63) is 71.2 Å². The highest BCUT2D eigenvalue weighted by atomic mass is 16.6. The largest absolute Gasteiger partial charge is 0.500 e. The van der Waals surface area contributed by atoms with Crippen molar-refractivity contribution >= 4 is 11.9 Å². The Kier molecular flexibility index (Phi) is 6.99. The van der Waals surface area contributed by atoms with Gasteiger partial charge in [-0.15, -0.1) is 0 Å². The molecule has 0 spiro atoms. The standard InChI is InChI=1S/C20H17NO7/c1-25-12-17(20(24)26-2)28-16-5-3-4-14(18(16)19(22)23)11-27-15-8-6-13(10-21)7-9-15/h3-9,12H,11H2,1-2H3,(H,22,23)/b17-12+. The van der Waals surface area contributed by atoms with Gasteiger partial charge in [-0.3, -0.25) is 0 Å². The van der Waals surface area contributed by atoms with Crippen LogP contribution in [-0.4, -0.2) is 31.3 Å². The summed E-state index contributed by atoms with van der Waals surface area (Å²) >= 11 is 0. The van der Waals surface area contributed by atoms with Gasteiger partial charge in [0.1, 0.15) is 29.9 Å². The third-order valence-electron chi connectivity index (χ3n) is 3.54. The summed E-state index contributed by atoms with van der Waals surface area (Å²) < 4.78 is 20.4. The average molecular weight is 383 g/mol. The van der Waals surface area contributed by atoms with E-state index in [1.165, 1.54) is 13.2 Å². The molecule has 0 aliphatic heterocycles. The number of rotatable bonds is 8. The zero-order valence-electron chi connectivity index (χ0n) is 15.2. The Balaban J connectivity index is 2.29. The van der Waals surface area contributed by atoms with Crippen molar-refractivity contribution in [3.63, 3.8) is 0 Å². The van der Waals surface area contributed by atoms with Gasteiger partial charge in [0.25, 0.3) is 0 Å².